The van der Waals surface area contributed by atoms with Crippen LogP contribution in [0.5, 0.6) is 0 Å². The Labute approximate surface area is 131 Å². The van der Waals surface area contributed by atoms with Crippen LogP contribution in [0.15, 0.2) is 22.7 Å². The number of piperazine rings is 1. The molecular formula is C16H26BrN3. The SMILES string of the molecule is CC(C)NCc1ccc(N2CCN(C)CC2C)cc1Br. The molecule has 1 atom stereocenters. The topological polar surface area (TPSA) is 18.5 Å². The third-order valence-corrected chi connectivity index (χ3v) is 4.64. The first kappa shape index (κ1) is 15.8. The Bertz CT molecular complexity index is 447. The van der Waals surface area contributed by atoms with Gasteiger partial charge in [-0.15, -0.1) is 0 Å². The number of nitrogens with zero attached hydrogens (tertiary/aromatic N) is 2. The molecule has 0 aromatic heterocycles. The smallest absolute Gasteiger partial charge is 0.0389 e. The molecule has 1 heterocycles. The van der Waals surface area contributed by atoms with E-state index in [4.69, 9.17) is 0 Å². The molecule has 2 rings (SSSR count). The Morgan fingerprint density at radius 2 is 2.10 bits per heavy atom. The fraction of sp³-hybridized carbons (Fsp3) is 0.625. The number of anilines is 1. The number of hydrogen-bond acceptors (Lipinski definition) is 3. The number of likely N-dealkylation sites (N-methyl/N-ethyl adjacent to an activating group) is 1. The van der Waals surface area contributed by atoms with Gasteiger partial charge in [0.15, 0.2) is 0 Å². The van der Waals surface area contributed by atoms with E-state index in [2.05, 4.69) is 77.1 Å². The van der Waals surface area contributed by atoms with Crippen LogP contribution < -0.4 is 10.2 Å². The Morgan fingerprint density at radius 1 is 1.35 bits per heavy atom. The van der Waals surface area contributed by atoms with E-state index in [0.717, 1.165) is 26.2 Å². The van der Waals surface area contributed by atoms with Gasteiger partial charge in [-0.3, -0.25) is 0 Å². The molecule has 1 N–H and O–H groups in total. The van der Waals surface area contributed by atoms with Crippen LogP contribution >= 0.6 is 15.9 Å². The Hall–Kier alpha value is -0.580. The maximum Gasteiger partial charge on any atom is 0.0389 e. The molecule has 0 aliphatic carbocycles. The molecule has 20 heavy (non-hydrogen) atoms. The van der Waals surface area contributed by atoms with Gasteiger partial charge in [0.2, 0.25) is 0 Å². The maximum atomic E-state index is 3.72. The first-order valence-electron chi connectivity index (χ1n) is 7.44. The van der Waals surface area contributed by atoms with Crippen LogP contribution in [-0.2, 0) is 6.54 Å². The highest BCUT2D eigenvalue weighted by molar-refractivity contribution is 9.10. The normalized spacial score (nSPS) is 20.7. The molecule has 1 aliphatic heterocycles. The molecule has 4 heteroatoms. The van der Waals surface area contributed by atoms with E-state index < -0.39 is 0 Å². The van der Waals surface area contributed by atoms with Crippen LogP contribution in [0.4, 0.5) is 5.69 Å². The van der Waals surface area contributed by atoms with E-state index >= 15 is 0 Å². The first-order valence-corrected chi connectivity index (χ1v) is 8.23. The lowest BCUT2D eigenvalue weighted by atomic mass is 10.1. The van der Waals surface area contributed by atoms with Crippen molar-refractivity contribution in [3.05, 3.63) is 28.2 Å². The van der Waals surface area contributed by atoms with Crippen molar-refractivity contribution in [3.63, 3.8) is 0 Å². The molecule has 0 bridgehead atoms. The molecule has 0 radical (unpaired) electrons. The number of halogens is 1. The lowest BCUT2D eigenvalue weighted by Crippen LogP contribution is -2.50. The molecule has 0 saturated carbocycles. The summed E-state index contributed by atoms with van der Waals surface area (Å²) in [5, 5.41) is 3.47. The summed E-state index contributed by atoms with van der Waals surface area (Å²) in [4.78, 5) is 4.90. The molecule has 1 saturated heterocycles. The molecule has 3 nitrogen and oxygen atoms in total. The zero-order chi connectivity index (χ0) is 14.7. The van der Waals surface area contributed by atoms with Crippen molar-refractivity contribution in [1.82, 2.24) is 10.2 Å². The average molecular weight is 340 g/mol. The summed E-state index contributed by atoms with van der Waals surface area (Å²) in [5.41, 5.74) is 2.65. The van der Waals surface area contributed by atoms with E-state index in [9.17, 15) is 0 Å². The van der Waals surface area contributed by atoms with Gasteiger partial charge in [0.05, 0.1) is 0 Å². The van der Waals surface area contributed by atoms with Crippen molar-refractivity contribution in [2.45, 2.75) is 39.4 Å². The van der Waals surface area contributed by atoms with Gasteiger partial charge in [0.1, 0.15) is 0 Å². The monoisotopic (exact) mass is 339 g/mol. The number of nitrogens with one attached hydrogen (secondary N) is 1. The molecule has 0 amide bonds. The summed E-state index contributed by atoms with van der Waals surface area (Å²) in [6.45, 7) is 10.9. The van der Waals surface area contributed by atoms with Gasteiger partial charge >= 0.3 is 0 Å². The third-order valence-electron chi connectivity index (χ3n) is 3.90. The summed E-state index contributed by atoms with van der Waals surface area (Å²) < 4.78 is 1.20. The van der Waals surface area contributed by atoms with Crippen LogP contribution in [0.25, 0.3) is 0 Å². The fourth-order valence-corrected chi connectivity index (χ4v) is 3.20. The van der Waals surface area contributed by atoms with Gasteiger partial charge in [-0.05, 0) is 31.7 Å². The van der Waals surface area contributed by atoms with E-state index in [-0.39, 0.29) is 0 Å². The highest BCUT2D eigenvalue weighted by Gasteiger charge is 2.21. The lowest BCUT2D eigenvalue weighted by Gasteiger charge is -2.40. The molecule has 1 unspecified atom stereocenters. The highest BCUT2D eigenvalue weighted by atomic mass is 79.9. The van der Waals surface area contributed by atoms with Crippen molar-refractivity contribution in [3.8, 4) is 0 Å². The van der Waals surface area contributed by atoms with Crippen molar-refractivity contribution in [2.75, 3.05) is 31.6 Å². The van der Waals surface area contributed by atoms with Crippen molar-refractivity contribution >= 4 is 21.6 Å². The van der Waals surface area contributed by atoms with Crippen molar-refractivity contribution in [1.29, 1.82) is 0 Å². The van der Waals surface area contributed by atoms with E-state index in [1.165, 1.54) is 15.7 Å². The summed E-state index contributed by atoms with van der Waals surface area (Å²) in [6.07, 6.45) is 0. The van der Waals surface area contributed by atoms with Crippen molar-refractivity contribution < 1.29 is 0 Å². The second-order valence-electron chi connectivity index (χ2n) is 6.12. The zero-order valence-corrected chi connectivity index (χ0v) is 14.6. The number of benzene rings is 1. The van der Waals surface area contributed by atoms with Crippen LogP contribution in [0.2, 0.25) is 0 Å². The molecule has 1 aromatic carbocycles. The Kier molecular flexibility index (Phi) is 5.47. The van der Waals surface area contributed by atoms with Crippen LogP contribution in [-0.4, -0.2) is 43.7 Å². The van der Waals surface area contributed by atoms with Gasteiger partial charge in [0.25, 0.3) is 0 Å². The lowest BCUT2D eigenvalue weighted by molar-refractivity contribution is 0.275. The van der Waals surface area contributed by atoms with Gasteiger partial charge in [-0.1, -0.05) is 35.8 Å². The summed E-state index contributed by atoms with van der Waals surface area (Å²) in [6, 6.07) is 7.84. The van der Waals surface area contributed by atoms with Crippen molar-refractivity contribution in [2.24, 2.45) is 0 Å². The summed E-state index contributed by atoms with van der Waals surface area (Å²) in [5.74, 6) is 0. The predicted molar refractivity (Wildman–Crippen MR) is 90.4 cm³/mol. The highest BCUT2D eigenvalue weighted by Crippen LogP contribution is 2.26. The molecule has 1 fully saturated rings. The standard InChI is InChI=1S/C16H26BrN3/c1-12(2)18-10-14-5-6-15(9-16(14)17)20-8-7-19(4)11-13(20)3/h5-6,9,12-13,18H,7-8,10-11H2,1-4H3. The molecular weight excluding hydrogens is 314 g/mol. The maximum absolute atomic E-state index is 3.72. The second-order valence-corrected chi connectivity index (χ2v) is 6.97. The zero-order valence-electron chi connectivity index (χ0n) is 13.0. The largest absolute Gasteiger partial charge is 0.366 e. The molecule has 112 valence electrons. The summed E-state index contributed by atoms with van der Waals surface area (Å²) in [7, 11) is 2.20. The molecule has 1 aliphatic rings. The number of hydrogen-bond donors (Lipinski definition) is 1. The quantitative estimate of drug-likeness (QED) is 0.909. The third kappa shape index (κ3) is 3.96. The van der Waals surface area contributed by atoms with E-state index in [0.29, 0.717) is 12.1 Å². The van der Waals surface area contributed by atoms with Crippen LogP contribution in [0.3, 0.4) is 0 Å². The second kappa shape index (κ2) is 6.92. The first-order chi connectivity index (χ1) is 9.47. The van der Waals surface area contributed by atoms with E-state index in [1.54, 1.807) is 0 Å². The minimum atomic E-state index is 0.513. The van der Waals surface area contributed by atoms with Gasteiger partial charge in [-0.2, -0.15) is 0 Å². The molecule has 1 aromatic rings. The minimum Gasteiger partial charge on any atom is -0.366 e. The van der Waals surface area contributed by atoms with Crippen LogP contribution in [0, 0.1) is 0 Å². The van der Waals surface area contributed by atoms with Gasteiger partial charge in [0, 0.05) is 48.4 Å². The molecule has 0 spiro atoms. The Morgan fingerprint density at radius 3 is 2.70 bits per heavy atom. The number of rotatable bonds is 4. The predicted octanol–water partition coefficient (Wildman–Crippen LogP) is 3.09. The average Bonchev–Trinajstić information content (AvgIpc) is 2.37. The Balaban J connectivity index is 2.08. The van der Waals surface area contributed by atoms with Gasteiger partial charge < -0.3 is 15.1 Å². The van der Waals surface area contributed by atoms with Gasteiger partial charge in [-0.25, -0.2) is 0 Å². The minimum absolute atomic E-state index is 0.513. The van der Waals surface area contributed by atoms with Crippen LogP contribution in [0.1, 0.15) is 26.3 Å². The summed E-state index contributed by atoms with van der Waals surface area (Å²) >= 11 is 3.72. The fourth-order valence-electron chi connectivity index (χ4n) is 2.70. The van der Waals surface area contributed by atoms with E-state index in [1.807, 2.05) is 0 Å².